The Labute approximate surface area is 139 Å². The van der Waals surface area contributed by atoms with Crippen LogP contribution < -0.4 is 5.56 Å². The van der Waals surface area contributed by atoms with Gasteiger partial charge in [0, 0.05) is 31.5 Å². The van der Waals surface area contributed by atoms with Crippen LogP contribution in [0.15, 0.2) is 17.2 Å². The number of pyridine rings is 1. The second kappa shape index (κ2) is 5.53. The van der Waals surface area contributed by atoms with E-state index in [-0.39, 0.29) is 22.5 Å². The first-order valence-corrected chi connectivity index (χ1v) is 7.89. The number of amides is 1. The zero-order valence-electron chi connectivity index (χ0n) is 13.6. The first-order valence-electron chi connectivity index (χ1n) is 7.51. The average molecular weight is 335 g/mol. The van der Waals surface area contributed by atoms with Gasteiger partial charge in [0.2, 0.25) is 0 Å². The predicted octanol–water partition coefficient (Wildman–Crippen LogP) is 2.28. The summed E-state index contributed by atoms with van der Waals surface area (Å²) < 4.78 is 3.30. The number of hydrogen-bond acceptors (Lipinski definition) is 3. The van der Waals surface area contributed by atoms with Gasteiger partial charge in [0.1, 0.15) is 5.02 Å². The van der Waals surface area contributed by atoms with Crippen molar-refractivity contribution in [2.45, 2.75) is 39.9 Å². The molecule has 0 atom stereocenters. The smallest absolute Gasteiger partial charge is 0.269 e. The van der Waals surface area contributed by atoms with Crippen molar-refractivity contribution in [3.8, 4) is 0 Å². The van der Waals surface area contributed by atoms with Crippen LogP contribution in [0.2, 0.25) is 5.02 Å². The highest BCUT2D eigenvalue weighted by Crippen LogP contribution is 2.28. The van der Waals surface area contributed by atoms with Crippen molar-refractivity contribution in [2.24, 2.45) is 7.05 Å². The Morgan fingerprint density at radius 2 is 2.04 bits per heavy atom. The molecular weight excluding hydrogens is 316 g/mol. The molecule has 0 radical (unpaired) electrons. The van der Waals surface area contributed by atoms with Crippen LogP contribution in [0.5, 0.6) is 0 Å². The molecule has 0 saturated carbocycles. The average Bonchev–Trinajstić information content (AvgIpc) is 3.17. The van der Waals surface area contributed by atoms with Gasteiger partial charge in [-0.3, -0.25) is 14.3 Å². The van der Waals surface area contributed by atoms with Crippen molar-refractivity contribution in [1.29, 1.82) is 0 Å². The lowest BCUT2D eigenvalue weighted by Crippen LogP contribution is -2.26. The normalized spacial score (nSPS) is 13.7. The summed E-state index contributed by atoms with van der Waals surface area (Å²) in [6.07, 6.45) is 3.35. The van der Waals surface area contributed by atoms with E-state index in [9.17, 15) is 9.59 Å². The quantitative estimate of drug-likeness (QED) is 0.846. The molecule has 0 fully saturated rings. The van der Waals surface area contributed by atoms with E-state index in [0.29, 0.717) is 18.7 Å². The maximum atomic E-state index is 12.7. The minimum absolute atomic E-state index is 0.0870. The molecule has 7 heteroatoms. The van der Waals surface area contributed by atoms with E-state index < -0.39 is 0 Å². The van der Waals surface area contributed by atoms with Gasteiger partial charge in [0.05, 0.1) is 18.3 Å². The summed E-state index contributed by atoms with van der Waals surface area (Å²) in [4.78, 5) is 26.5. The molecule has 0 N–H and O–H groups in total. The van der Waals surface area contributed by atoms with Gasteiger partial charge in [-0.05, 0) is 31.9 Å². The third kappa shape index (κ3) is 2.47. The van der Waals surface area contributed by atoms with E-state index in [0.717, 1.165) is 16.8 Å². The zero-order valence-corrected chi connectivity index (χ0v) is 14.4. The second-order valence-corrected chi connectivity index (χ2v) is 6.57. The highest BCUT2D eigenvalue weighted by Gasteiger charge is 2.30. The highest BCUT2D eigenvalue weighted by atomic mass is 35.5. The van der Waals surface area contributed by atoms with Crippen molar-refractivity contribution in [3.63, 3.8) is 0 Å². The fourth-order valence-corrected chi connectivity index (χ4v) is 3.12. The van der Waals surface area contributed by atoms with Gasteiger partial charge in [-0.1, -0.05) is 11.6 Å². The molecule has 0 bridgehead atoms. The Hall–Kier alpha value is -2.08. The molecule has 1 aliphatic heterocycles. The first kappa shape index (κ1) is 15.8. The van der Waals surface area contributed by atoms with E-state index >= 15 is 0 Å². The van der Waals surface area contributed by atoms with Crippen LogP contribution in [0.25, 0.3) is 0 Å². The molecule has 0 aromatic carbocycles. The molecule has 1 amide bonds. The maximum Gasteiger partial charge on any atom is 0.269 e. The number of nitrogens with zero attached hydrogens (tertiary/aromatic N) is 4. The van der Waals surface area contributed by atoms with Crippen LogP contribution in [-0.2, 0) is 20.1 Å². The van der Waals surface area contributed by atoms with Crippen molar-refractivity contribution in [1.82, 2.24) is 19.2 Å². The summed E-state index contributed by atoms with van der Waals surface area (Å²) in [5.74, 6) is -0.0870. The van der Waals surface area contributed by atoms with E-state index in [1.54, 1.807) is 29.0 Å². The largest absolute Gasteiger partial charge is 0.328 e. The summed E-state index contributed by atoms with van der Waals surface area (Å²) in [5, 5.41) is 4.44. The third-order valence-corrected chi connectivity index (χ3v) is 4.83. The fraction of sp³-hybridized carbons (Fsp3) is 0.438. The molecule has 0 spiro atoms. The molecule has 6 nitrogen and oxygen atoms in total. The summed E-state index contributed by atoms with van der Waals surface area (Å²) in [7, 11) is 1.69. The van der Waals surface area contributed by atoms with Crippen LogP contribution in [-0.4, -0.2) is 25.2 Å². The SMILES string of the molecule is Cc1c2c(n(C)c(=O)c1Cl)CN(C(=O)c1cnn(C(C)C)c1)C2. The van der Waals surface area contributed by atoms with Crippen LogP contribution in [0, 0.1) is 6.92 Å². The minimum atomic E-state index is -0.218. The van der Waals surface area contributed by atoms with Gasteiger partial charge in [-0.15, -0.1) is 0 Å². The molecule has 1 aliphatic rings. The van der Waals surface area contributed by atoms with Gasteiger partial charge in [-0.25, -0.2) is 0 Å². The fourth-order valence-electron chi connectivity index (χ4n) is 2.88. The lowest BCUT2D eigenvalue weighted by molar-refractivity contribution is 0.0749. The summed E-state index contributed by atoms with van der Waals surface area (Å²) >= 11 is 6.10. The number of hydrogen-bond donors (Lipinski definition) is 0. The molecule has 0 saturated heterocycles. The van der Waals surface area contributed by atoms with E-state index in [1.807, 2.05) is 20.8 Å². The summed E-state index contributed by atoms with van der Waals surface area (Å²) in [6, 6.07) is 0.203. The molecule has 3 rings (SSSR count). The number of rotatable bonds is 2. The minimum Gasteiger partial charge on any atom is -0.328 e. The van der Waals surface area contributed by atoms with Gasteiger partial charge in [0.25, 0.3) is 11.5 Å². The van der Waals surface area contributed by atoms with Crippen LogP contribution >= 0.6 is 11.6 Å². The zero-order chi connectivity index (χ0) is 16.9. The standard InChI is InChI=1S/C16H19ClN4O2/c1-9(2)21-6-11(5-18-21)15(22)20-7-12-10(3)14(17)16(23)19(4)13(12)8-20/h5-6,9H,7-8H2,1-4H3. The number of carbonyl (C=O) groups is 1. The number of fused-ring (bicyclic) bond motifs is 1. The van der Waals surface area contributed by atoms with Crippen LogP contribution in [0.1, 0.15) is 47.1 Å². The molecular formula is C16H19ClN4O2. The molecule has 2 aromatic heterocycles. The highest BCUT2D eigenvalue weighted by molar-refractivity contribution is 6.31. The third-order valence-electron chi connectivity index (χ3n) is 4.38. The van der Waals surface area contributed by atoms with Crippen molar-refractivity contribution in [2.75, 3.05) is 0 Å². The van der Waals surface area contributed by atoms with Gasteiger partial charge < -0.3 is 9.47 Å². The van der Waals surface area contributed by atoms with Crippen molar-refractivity contribution >= 4 is 17.5 Å². The van der Waals surface area contributed by atoms with Crippen LogP contribution in [0.4, 0.5) is 0 Å². The van der Waals surface area contributed by atoms with Crippen LogP contribution in [0.3, 0.4) is 0 Å². The van der Waals surface area contributed by atoms with Crippen molar-refractivity contribution in [3.05, 3.63) is 50.2 Å². The lowest BCUT2D eigenvalue weighted by Gasteiger charge is -2.14. The molecule has 0 aliphatic carbocycles. The van der Waals surface area contributed by atoms with E-state index in [1.165, 1.54) is 4.57 Å². The molecule has 23 heavy (non-hydrogen) atoms. The van der Waals surface area contributed by atoms with E-state index in [2.05, 4.69) is 5.10 Å². The Morgan fingerprint density at radius 3 is 2.65 bits per heavy atom. The Morgan fingerprint density at radius 1 is 1.35 bits per heavy atom. The lowest BCUT2D eigenvalue weighted by atomic mass is 10.1. The summed E-state index contributed by atoms with van der Waals surface area (Å²) in [5.41, 5.74) is 2.91. The van der Waals surface area contributed by atoms with Gasteiger partial charge in [0.15, 0.2) is 0 Å². The summed E-state index contributed by atoms with van der Waals surface area (Å²) in [6.45, 7) is 6.71. The molecule has 2 aromatic rings. The number of halogens is 1. The molecule has 3 heterocycles. The maximum absolute atomic E-state index is 12.7. The predicted molar refractivity (Wildman–Crippen MR) is 87.6 cm³/mol. The van der Waals surface area contributed by atoms with Crippen molar-refractivity contribution < 1.29 is 4.79 Å². The Balaban J connectivity index is 1.93. The van der Waals surface area contributed by atoms with Gasteiger partial charge in [-0.2, -0.15) is 5.10 Å². The Bertz CT molecular complexity index is 850. The molecule has 0 unspecified atom stereocenters. The Kier molecular flexibility index (Phi) is 3.80. The van der Waals surface area contributed by atoms with Gasteiger partial charge >= 0.3 is 0 Å². The monoisotopic (exact) mass is 334 g/mol. The first-order chi connectivity index (χ1) is 10.8. The topological polar surface area (TPSA) is 60.1 Å². The number of aromatic nitrogens is 3. The molecule has 122 valence electrons. The number of carbonyl (C=O) groups excluding carboxylic acids is 1. The second-order valence-electron chi connectivity index (χ2n) is 6.19. The van der Waals surface area contributed by atoms with E-state index in [4.69, 9.17) is 11.6 Å².